The van der Waals surface area contributed by atoms with Gasteiger partial charge >= 0.3 is 0 Å². The predicted molar refractivity (Wildman–Crippen MR) is 70.1 cm³/mol. The van der Waals surface area contributed by atoms with Crippen LogP contribution in [0.2, 0.25) is 0 Å². The molecule has 0 bridgehead atoms. The van der Waals surface area contributed by atoms with Gasteiger partial charge in [-0.25, -0.2) is 4.98 Å². The molecule has 0 radical (unpaired) electrons. The zero-order chi connectivity index (χ0) is 12.2. The molecule has 0 unspecified atom stereocenters. The van der Waals surface area contributed by atoms with Crippen molar-refractivity contribution in [2.45, 2.75) is 18.8 Å². The van der Waals surface area contributed by atoms with E-state index < -0.39 is 0 Å². The Bertz CT molecular complexity index is 352. The molecule has 2 saturated heterocycles. The van der Waals surface area contributed by atoms with Gasteiger partial charge in [0.05, 0.1) is 13.2 Å². The van der Waals surface area contributed by atoms with Crippen molar-refractivity contribution in [1.29, 1.82) is 0 Å². The molecule has 0 aromatic carbocycles. The van der Waals surface area contributed by atoms with Gasteiger partial charge < -0.3 is 14.4 Å². The molecule has 0 spiro atoms. The fraction of sp³-hybridized carbons (Fsp3) is 0.643. The lowest BCUT2D eigenvalue weighted by Crippen LogP contribution is -2.36. The van der Waals surface area contributed by atoms with Crippen LogP contribution in [-0.2, 0) is 9.47 Å². The third kappa shape index (κ3) is 2.65. The lowest BCUT2D eigenvalue weighted by molar-refractivity contribution is 0.0853. The van der Waals surface area contributed by atoms with Crippen molar-refractivity contribution < 1.29 is 9.47 Å². The molecule has 0 aliphatic carbocycles. The number of morpholine rings is 1. The van der Waals surface area contributed by atoms with Gasteiger partial charge in [-0.2, -0.15) is 0 Å². The number of ether oxygens (including phenoxy) is 2. The number of nitrogens with zero attached hydrogens (tertiary/aromatic N) is 2. The monoisotopic (exact) mass is 248 g/mol. The second kappa shape index (κ2) is 5.67. The van der Waals surface area contributed by atoms with Crippen LogP contribution in [0, 0.1) is 0 Å². The van der Waals surface area contributed by atoms with Crippen LogP contribution in [0.1, 0.15) is 24.3 Å². The van der Waals surface area contributed by atoms with Gasteiger partial charge in [-0.15, -0.1) is 0 Å². The largest absolute Gasteiger partial charge is 0.381 e. The van der Waals surface area contributed by atoms with Gasteiger partial charge in [0.25, 0.3) is 0 Å². The van der Waals surface area contributed by atoms with Gasteiger partial charge in [-0.3, -0.25) is 0 Å². The van der Waals surface area contributed by atoms with Crippen LogP contribution in [0.4, 0.5) is 5.82 Å². The quantitative estimate of drug-likeness (QED) is 0.799. The molecular weight excluding hydrogens is 228 g/mol. The summed E-state index contributed by atoms with van der Waals surface area (Å²) < 4.78 is 10.8. The van der Waals surface area contributed by atoms with E-state index in [2.05, 4.69) is 22.0 Å². The van der Waals surface area contributed by atoms with Crippen LogP contribution in [-0.4, -0.2) is 44.5 Å². The fourth-order valence-electron chi connectivity index (χ4n) is 2.68. The first-order valence-electron chi connectivity index (χ1n) is 6.80. The zero-order valence-electron chi connectivity index (χ0n) is 10.7. The number of hydrogen-bond donors (Lipinski definition) is 0. The summed E-state index contributed by atoms with van der Waals surface area (Å²) in [5.74, 6) is 1.74. The highest BCUT2D eigenvalue weighted by Crippen LogP contribution is 2.28. The van der Waals surface area contributed by atoms with E-state index in [0.717, 1.165) is 58.2 Å². The molecule has 4 heteroatoms. The summed E-state index contributed by atoms with van der Waals surface area (Å²) in [6, 6.07) is 4.40. The Hall–Kier alpha value is -1.13. The standard InChI is InChI=1S/C14H20N2O2/c1-4-15-14(16-5-9-18-10-6-16)11-13(1)12-2-7-17-8-3-12/h1,4,11-12H,2-3,5-10H2. The Balaban J connectivity index is 1.75. The van der Waals surface area contributed by atoms with E-state index in [1.807, 2.05) is 6.20 Å². The SMILES string of the molecule is c1cc(C2CCOCC2)cc(N2CCOCC2)n1. The lowest BCUT2D eigenvalue weighted by Gasteiger charge is -2.29. The summed E-state index contributed by atoms with van der Waals surface area (Å²) in [7, 11) is 0. The molecule has 0 amide bonds. The molecule has 2 aliphatic rings. The van der Waals surface area contributed by atoms with E-state index >= 15 is 0 Å². The second-order valence-corrected chi connectivity index (χ2v) is 4.93. The number of rotatable bonds is 2. The van der Waals surface area contributed by atoms with Gasteiger partial charge in [0.15, 0.2) is 0 Å². The molecule has 0 N–H and O–H groups in total. The van der Waals surface area contributed by atoms with Crippen molar-refractivity contribution in [3.05, 3.63) is 23.9 Å². The molecule has 3 heterocycles. The van der Waals surface area contributed by atoms with Crippen LogP contribution in [0.25, 0.3) is 0 Å². The highest BCUT2D eigenvalue weighted by molar-refractivity contribution is 5.42. The van der Waals surface area contributed by atoms with E-state index in [-0.39, 0.29) is 0 Å². The zero-order valence-corrected chi connectivity index (χ0v) is 10.7. The van der Waals surface area contributed by atoms with Crippen LogP contribution >= 0.6 is 0 Å². The van der Waals surface area contributed by atoms with Gasteiger partial charge in [0.2, 0.25) is 0 Å². The third-order valence-electron chi connectivity index (χ3n) is 3.80. The van der Waals surface area contributed by atoms with Gasteiger partial charge in [-0.05, 0) is 36.5 Å². The minimum atomic E-state index is 0.640. The van der Waals surface area contributed by atoms with Crippen molar-refractivity contribution in [3.63, 3.8) is 0 Å². The number of anilines is 1. The van der Waals surface area contributed by atoms with Crippen molar-refractivity contribution in [1.82, 2.24) is 4.98 Å². The normalized spacial score (nSPS) is 22.1. The van der Waals surface area contributed by atoms with Gasteiger partial charge in [0.1, 0.15) is 5.82 Å². The predicted octanol–water partition coefficient (Wildman–Crippen LogP) is 1.81. The van der Waals surface area contributed by atoms with Crippen molar-refractivity contribution >= 4 is 5.82 Å². The molecule has 4 nitrogen and oxygen atoms in total. The van der Waals surface area contributed by atoms with Crippen LogP contribution < -0.4 is 4.90 Å². The first kappa shape index (κ1) is 11.9. The van der Waals surface area contributed by atoms with Crippen molar-refractivity contribution in [2.75, 3.05) is 44.4 Å². The number of aromatic nitrogens is 1. The topological polar surface area (TPSA) is 34.6 Å². The summed E-state index contributed by atoms with van der Waals surface area (Å²) >= 11 is 0. The Labute approximate surface area is 108 Å². The van der Waals surface area contributed by atoms with E-state index in [4.69, 9.17) is 9.47 Å². The fourth-order valence-corrected chi connectivity index (χ4v) is 2.68. The van der Waals surface area contributed by atoms with E-state index in [0.29, 0.717) is 5.92 Å². The third-order valence-corrected chi connectivity index (χ3v) is 3.80. The minimum Gasteiger partial charge on any atom is -0.381 e. The van der Waals surface area contributed by atoms with Crippen LogP contribution in [0.15, 0.2) is 18.3 Å². The maximum Gasteiger partial charge on any atom is 0.128 e. The number of hydrogen-bond acceptors (Lipinski definition) is 4. The van der Waals surface area contributed by atoms with E-state index in [1.54, 1.807) is 0 Å². The molecule has 1 aromatic heterocycles. The molecule has 18 heavy (non-hydrogen) atoms. The number of pyridine rings is 1. The molecule has 2 fully saturated rings. The first-order valence-corrected chi connectivity index (χ1v) is 6.80. The molecule has 0 atom stereocenters. The van der Waals surface area contributed by atoms with Crippen molar-refractivity contribution in [2.24, 2.45) is 0 Å². The molecule has 98 valence electrons. The Morgan fingerprint density at radius 1 is 1.06 bits per heavy atom. The van der Waals surface area contributed by atoms with Crippen LogP contribution in [0.3, 0.4) is 0 Å². The van der Waals surface area contributed by atoms with Gasteiger partial charge in [-0.1, -0.05) is 0 Å². The Morgan fingerprint density at radius 3 is 2.56 bits per heavy atom. The molecule has 3 rings (SSSR count). The lowest BCUT2D eigenvalue weighted by atomic mass is 9.92. The molecule has 2 aliphatic heterocycles. The minimum absolute atomic E-state index is 0.640. The second-order valence-electron chi connectivity index (χ2n) is 4.93. The summed E-state index contributed by atoms with van der Waals surface area (Å²) in [6.45, 7) is 5.29. The average molecular weight is 248 g/mol. The van der Waals surface area contributed by atoms with Crippen molar-refractivity contribution in [3.8, 4) is 0 Å². The van der Waals surface area contributed by atoms with E-state index in [9.17, 15) is 0 Å². The smallest absolute Gasteiger partial charge is 0.128 e. The molecule has 0 saturated carbocycles. The van der Waals surface area contributed by atoms with Crippen LogP contribution in [0.5, 0.6) is 0 Å². The summed E-state index contributed by atoms with van der Waals surface area (Å²) in [5, 5.41) is 0. The Morgan fingerprint density at radius 2 is 1.78 bits per heavy atom. The Kier molecular flexibility index (Phi) is 3.76. The summed E-state index contributed by atoms with van der Waals surface area (Å²) in [5.41, 5.74) is 1.41. The highest BCUT2D eigenvalue weighted by Gasteiger charge is 2.18. The summed E-state index contributed by atoms with van der Waals surface area (Å²) in [6.07, 6.45) is 4.20. The van der Waals surface area contributed by atoms with Gasteiger partial charge in [0, 0.05) is 32.5 Å². The maximum atomic E-state index is 5.43. The first-order chi connectivity index (χ1) is 8.93. The maximum absolute atomic E-state index is 5.43. The molecule has 1 aromatic rings. The average Bonchev–Trinajstić information content (AvgIpc) is 2.49. The summed E-state index contributed by atoms with van der Waals surface area (Å²) in [4.78, 5) is 6.81. The molecular formula is C14H20N2O2. The highest BCUT2D eigenvalue weighted by atomic mass is 16.5. The van der Waals surface area contributed by atoms with E-state index in [1.165, 1.54) is 5.56 Å².